The van der Waals surface area contributed by atoms with Gasteiger partial charge in [0.15, 0.2) is 11.5 Å². The van der Waals surface area contributed by atoms with Gasteiger partial charge in [0.2, 0.25) is 0 Å². The molecule has 1 saturated carbocycles. The summed E-state index contributed by atoms with van der Waals surface area (Å²) in [6, 6.07) is 4.06. The Labute approximate surface area is 108 Å². The van der Waals surface area contributed by atoms with Gasteiger partial charge in [-0.3, -0.25) is 0 Å². The topological polar surface area (TPSA) is 38.7 Å². The number of aliphatic hydroxyl groups is 1. The lowest BCUT2D eigenvalue weighted by Crippen LogP contribution is -2.17. The van der Waals surface area contributed by atoms with E-state index in [0.29, 0.717) is 6.42 Å². The van der Waals surface area contributed by atoms with Gasteiger partial charge >= 0.3 is 0 Å². The summed E-state index contributed by atoms with van der Waals surface area (Å²) in [5.74, 6) is 1.69. The molecule has 1 aliphatic carbocycles. The molecule has 3 nitrogen and oxygen atoms in total. The summed E-state index contributed by atoms with van der Waals surface area (Å²) in [6.45, 7) is 5.40. The van der Waals surface area contributed by atoms with E-state index in [4.69, 9.17) is 9.47 Å². The molecule has 3 rings (SSSR count). The molecular weight excluding hydrogens is 228 g/mol. The minimum atomic E-state index is -0.330. The zero-order chi connectivity index (χ0) is 12.8. The Morgan fingerprint density at radius 1 is 1.22 bits per heavy atom. The van der Waals surface area contributed by atoms with Crippen molar-refractivity contribution in [1.82, 2.24) is 0 Å². The molecule has 1 N–H and O–H groups in total. The summed E-state index contributed by atoms with van der Waals surface area (Å²) in [6.07, 6.45) is 2.75. The van der Waals surface area contributed by atoms with E-state index in [9.17, 15) is 5.11 Å². The first-order chi connectivity index (χ1) is 8.58. The highest BCUT2D eigenvalue weighted by Crippen LogP contribution is 2.49. The fourth-order valence-corrected chi connectivity index (χ4v) is 2.44. The van der Waals surface area contributed by atoms with Gasteiger partial charge < -0.3 is 14.6 Å². The van der Waals surface area contributed by atoms with E-state index in [2.05, 4.69) is 6.92 Å². The molecule has 1 aromatic carbocycles. The lowest BCUT2D eigenvalue weighted by atomic mass is 10.0. The number of aliphatic hydroxyl groups excluding tert-OH is 1. The van der Waals surface area contributed by atoms with Crippen LogP contribution in [0, 0.1) is 12.3 Å². The average Bonchev–Trinajstić information content (AvgIpc) is 3.09. The number of rotatable bonds is 2. The molecule has 18 heavy (non-hydrogen) atoms. The number of ether oxygens (including phenoxy) is 2. The Kier molecular flexibility index (Phi) is 2.74. The molecule has 2 aliphatic rings. The smallest absolute Gasteiger partial charge is 0.161 e. The van der Waals surface area contributed by atoms with Gasteiger partial charge in [0, 0.05) is 5.41 Å². The van der Waals surface area contributed by atoms with Crippen molar-refractivity contribution < 1.29 is 14.6 Å². The zero-order valence-corrected chi connectivity index (χ0v) is 11.0. The van der Waals surface area contributed by atoms with Crippen molar-refractivity contribution in [2.45, 2.75) is 39.2 Å². The van der Waals surface area contributed by atoms with Crippen molar-refractivity contribution in [3.8, 4) is 11.5 Å². The van der Waals surface area contributed by atoms with Crippen molar-refractivity contribution >= 4 is 0 Å². The van der Waals surface area contributed by atoms with Gasteiger partial charge in [-0.1, -0.05) is 0 Å². The SMILES string of the molecule is Cc1cc2c(cc1CC(C)O)OCC1(CC1)CO2. The summed E-state index contributed by atoms with van der Waals surface area (Å²) in [4.78, 5) is 0. The highest BCUT2D eigenvalue weighted by molar-refractivity contribution is 5.48. The Balaban J connectivity index is 1.88. The summed E-state index contributed by atoms with van der Waals surface area (Å²) in [5, 5.41) is 9.51. The second kappa shape index (κ2) is 4.16. The first-order valence-corrected chi connectivity index (χ1v) is 6.65. The van der Waals surface area contributed by atoms with Crippen molar-refractivity contribution in [3.63, 3.8) is 0 Å². The largest absolute Gasteiger partial charge is 0.489 e. The van der Waals surface area contributed by atoms with Crippen molar-refractivity contribution in [3.05, 3.63) is 23.3 Å². The normalized spacial score (nSPS) is 21.5. The molecule has 1 unspecified atom stereocenters. The van der Waals surface area contributed by atoms with Gasteiger partial charge in [-0.2, -0.15) is 0 Å². The fourth-order valence-electron chi connectivity index (χ4n) is 2.44. The van der Waals surface area contributed by atoms with Crippen molar-refractivity contribution in [2.75, 3.05) is 13.2 Å². The van der Waals surface area contributed by atoms with E-state index in [1.807, 2.05) is 19.1 Å². The van der Waals surface area contributed by atoms with E-state index < -0.39 is 0 Å². The number of hydrogen-bond donors (Lipinski definition) is 1. The Morgan fingerprint density at radius 2 is 1.83 bits per heavy atom. The van der Waals surface area contributed by atoms with Crippen LogP contribution in [0.2, 0.25) is 0 Å². The predicted molar refractivity (Wildman–Crippen MR) is 69.2 cm³/mol. The molecule has 1 heterocycles. The van der Waals surface area contributed by atoms with Crippen LogP contribution in [0.25, 0.3) is 0 Å². The number of benzene rings is 1. The third-order valence-corrected chi connectivity index (χ3v) is 3.94. The summed E-state index contributed by atoms with van der Waals surface area (Å²) in [7, 11) is 0. The Hall–Kier alpha value is -1.22. The second-order valence-electron chi connectivity index (χ2n) is 5.86. The third kappa shape index (κ3) is 2.19. The van der Waals surface area contributed by atoms with E-state index >= 15 is 0 Å². The van der Waals surface area contributed by atoms with E-state index in [-0.39, 0.29) is 11.5 Å². The van der Waals surface area contributed by atoms with Crippen molar-refractivity contribution in [2.24, 2.45) is 5.41 Å². The van der Waals surface area contributed by atoms with Crippen LogP contribution in [0.5, 0.6) is 11.5 Å². The number of hydrogen-bond acceptors (Lipinski definition) is 3. The lowest BCUT2D eigenvalue weighted by molar-refractivity contribution is 0.194. The molecule has 0 bridgehead atoms. The van der Waals surface area contributed by atoms with Crippen LogP contribution in [0.4, 0.5) is 0 Å². The minimum absolute atomic E-state index is 0.275. The van der Waals surface area contributed by atoms with E-state index in [1.165, 1.54) is 12.8 Å². The second-order valence-corrected chi connectivity index (χ2v) is 5.86. The molecule has 1 atom stereocenters. The quantitative estimate of drug-likeness (QED) is 0.873. The number of fused-ring (bicyclic) bond motifs is 1. The van der Waals surface area contributed by atoms with Crippen LogP contribution in [-0.4, -0.2) is 24.4 Å². The molecule has 1 aliphatic heterocycles. The molecule has 1 spiro atoms. The fraction of sp³-hybridized carbons (Fsp3) is 0.600. The van der Waals surface area contributed by atoms with Crippen LogP contribution in [0.15, 0.2) is 12.1 Å². The molecular formula is C15H20O3. The molecule has 98 valence electrons. The molecule has 3 heteroatoms. The molecule has 0 radical (unpaired) electrons. The highest BCUT2D eigenvalue weighted by Gasteiger charge is 2.46. The first-order valence-electron chi connectivity index (χ1n) is 6.65. The Morgan fingerprint density at radius 3 is 2.39 bits per heavy atom. The lowest BCUT2D eigenvalue weighted by Gasteiger charge is -2.13. The monoisotopic (exact) mass is 248 g/mol. The van der Waals surface area contributed by atoms with E-state index in [1.54, 1.807) is 0 Å². The van der Waals surface area contributed by atoms with Crippen LogP contribution in [-0.2, 0) is 6.42 Å². The average molecular weight is 248 g/mol. The van der Waals surface area contributed by atoms with Gasteiger partial charge in [0.25, 0.3) is 0 Å². The standard InChI is InChI=1S/C15H20O3/c1-10-5-13-14(7-12(10)6-11(2)16)18-9-15(3-4-15)8-17-13/h5,7,11,16H,3-4,6,8-9H2,1-2H3. The molecule has 0 saturated heterocycles. The zero-order valence-electron chi connectivity index (χ0n) is 11.0. The molecule has 1 fully saturated rings. The van der Waals surface area contributed by atoms with Crippen LogP contribution >= 0.6 is 0 Å². The van der Waals surface area contributed by atoms with Gasteiger partial charge in [-0.15, -0.1) is 0 Å². The van der Waals surface area contributed by atoms with Gasteiger partial charge in [-0.25, -0.2) is 0 Å². The summed E-state index contributed by atoms with van der Waals surface area (Å²) >= 11 is 0. The van der Waals surface area contributed by atoms with Gasteiger partial charge in [0.05, 0.1) is 19.3 Å². The Bertz CT molecular complexity index is 461. The molecule has 0 amide bonds. The maximum absolute atomic E-state index is 9.51. The molecule has 0 aromatic heterocycles. The van der Waals surface area contributed by atoms with Crippen LogP contribution in [0.3, 0.4) is 0 Å². The van der Waals surface area contributed by atoms with Crippen LogP contribution in [0.1, 0.15) is 30.9 Å². The van der Waals surface area contributed by atoms with Crippen molar-refractivity contribution in [1.29, 1.82) is 0 Å². The van der Waals surface area contributed by atoms with E-state index in [0.717, 1.165) is 35.8 Å². The molecule has 1 aromatic rings. The first kappa shape index (κ1) is 11.8. The van der Waals surface area contributed by atoms with Gasteiger partial charge in [-0.05, 0) is 56.4 Å². The highest BCUT2D eigenvalue weighted by atomic mass is 16.5. The predicted octanol–water partition coefficient (Wildman–Crippen LogP) is 2.47. The maximum atomic E-state index is 9.51. The van der Waals surface area contributed by atoms with Crippen LogP contribution < -0.4 is 9.47 Å². The number of aryl methyl sites for hydroxylation is 1. The maximum Gasteiger partial charge on any atom is 0.161 e. The minimum Gasteiger partial charge on any atom is -0.489 e. The summed E-state index contributed by atoms with van der Waals surface area (Å²) in [5.41, 5.74) is 2.57. The third-order valence-electron chi connectivity index (χ3n) is 3.94. The summed E-state index contributed by atoms with van der Waals surface area (Å²) < 4.78 is 11.8. The van der Waals surface area contributed by atoms with Gasteiger partial charge in [0.1, 0.15) is 0 Å².